The Morgan fingerprint density at radius 1 is 1.00 bits per heavy atom. The third kappa shape index (κ3) is 4.56. The fraction of sp³-hybridized carbons (Fsp3) is 0.235. The van der Waals surface area contributed by atoms with Gasteiger partial charge < -0.3 is 5.32 Å². The molecule has 0 unspecified atom stereocenters. The summed E-state index contributed by atoms with van der Waals surface area (Å²) in [5, 5.41) is 2.83. The first-order chi connectivity index (χ1) is 11.3. The van der Waals surface area contributed by atoms with Crippen molar-refractivity contribution < 1.29 is 13.2 Å². The molecule has 2 N–H and O–H groups in total. The van der Waals surface area contributed by atoms with Crippen molar-refractivity contribution >= 4 is 27.5 Å². The zero-order chi connectivity index (χ0) is 17.7. The average Bonchev–Trinajstić information content (AvgIpc) is 2.53. The van der Waals surface area contributed by atoms with Crippen LogP contribution in [0, 0.1) is 0 Å². The fourth-order valence-electron chi connectivity index (χ4n) is 2.17. The minimum Gasteiger partial charge on any atom is -0.352 e. The predicted octanol–water partition coefficient (Wildman–Crippen LogP) is 2.88. The van der Waals surface area contributed by atoms with E-state index in [0.29, 0.717) is 5.56 Å². The highest BCUT2D eigenvalue weighted by atomic mass is 35.5. The van der Waals surface area contributed by atoms with Crippen molar-refractivity contribution in [1.82, 2.24) is 10.0 Å². The molecule has 2 aromatic rings. The molecule has 2 aromatic carbocycles. The number of carbonyl (C=O) groups excluding carboxylic acids is 1. The Bertz CT molecular complexity index is 808. The number of benzene rings is 2. The molecule has 0 fully saturated rings. The van der Waals surface area contributed by atoms with Crippen molar-refractivity contribution in [3.63, 3.8) is 0 Å². The summed E-state index contributed by atoms with van der Waals surface area (Å²) in [6.07, 6.45) is 0. The Kier molecular flexibility index (Phi) is 5.99. The minimum atomic E-state index is -3.96. The Hall–Kier alpha value is -1.89. The number of halogens is 1. The van der Waals surface area contributed by atoms with Crippen LogP contribution in [0.1, 0.15) is 25.5 Å². The van der Waals surface area contributed by atoms with E-state index in [1.807, 2.05) is 13.8 Å². The molecule has 0 aliphatic carbocycles. The van der Waals surface area contributed by atoms with Crippen LogP contribution in [-0.4, -0.2) is 20.4 Å². The summed E-state index contributed by atoms with van der Waals surface area (Å²) in [7, 11) is -3.96. The highest BCUT2D eigenvalue weighted by Crippen LogP contribution is 2.23. The number of nitrogens with one attached hydrogen (secondary N) is 2. The van der Waals surface area contributed by atoms with Gasteiger partial charge in [0.05, 0.1) is 5.02 Å². The van der Waals surface area contributed by atoms with E-state index in [0.717, 1.165) is 0 Å². The lowest BCUT2D eigenvalue weighted by molar-refractivity contribution is -0.123. The van der Waals surface area contributed by atoms with Crippen molar-refractivity contribution in [3.05, 3.63) is 65.2 Å². The first-order valence-electron chi connectivity index (χ1n) is 7.43. The maximum atomic E-state index is 12.7. The van der Waals surface area contributed by atoms with Crippen molar-refractivity contribution in [2.24, 2.45) is 0 Å². The second-order valence-corrected chi connectivity index (χ2v) is 7.65. The SMILES string of the molecule is CC(C)NC(=O)[C@@H](NS(=O)(=O)c1ccccc1Cl)c1ccccc1. The lowest BCUT2D eigenvalue weighted by atomic mass is 10.1. The fourth-order valence-corrected chi connectivity index (χ4v) is 3.87. The Labute approximate surface area is 147 Å². The number of rotatable bonds is 6. The summed E-state index contributed by atoms with van der Waals surface area (Å²) < 4.78 is 27.8. The van der Waals surface area contributed by atoms with Crippen LogP contribution in [0.5, 0.6) is 0 Å². The van der Waals surface area contributed by atoms with E-state index >= 15 is 0 Å². The van der Waals surface area contributed by atoms with Crippen LogP contribution in [0.25, 0.3) is 0 Å². The maximum Gasteiger partial charge on any atom is 0.243 e. The third-order valence-electron chi connectivity index (χ3n) is 3.23. The van der Waals surface area contributed by atoms with Crippen LogP contribution in [-0.2, 0) is 14.8 Å². The number of sulfonamides is 1. The van der Waals surface area contributed by atoms with Crippen molar-refractivity contribution in [2.75, 3.05) is 0 Å². The Morgan fingerprint density at radius 2 is 1.58 bits per heavy atom. The lowest BCUT2D eigenvalue weighted by Gasteiger charge is -2.20. The predicted molar refractivity (Wildman–Crippen MR) is 94.2 cm³/mol. The zero-order valence-corrected chi connectivity index (χ0v) is 14.9. The molecule has 0 saturated heterocycles. The maximum absolute atomic E-state index is 12.7. The topological polar surface area (TPSA) is 75.3 Å². The highest BCUT2D eigenvalue weighted by Gasteiger charge is 2.28. The smallest absolute Gasteiger partial charge is 0.243 e. The molecule has 24 heavy (non-hydrogen) atoms. The number of carbonyl (C=O) groups is 1. The third-order valence-corrected chi connectivity index (χ3v) is 5.15. The van der Waals surface area contributed by atoms with Crippen LogP contribution >= 0.6 is 11.6 Å². The van der Waals surface area contributed by atoms with Gasteiger partial charge in [-0.05, 0) is 31.5 Å². The van der Waals surface area contributed by atoms with Crippen molar-refractivity contribution in [1.29, 1.82) is 0 Å². The van der Waals surface area contributed by atoms with Crippen LogP contribution in [0.15, 0.2) is 59.5 Å². The molecule has 5 nitrogen and oxygen atoms in total. The number of amides is 1. The van der Waals surface area contributed by atoms with E-state index in [2.05, 4.69) is 10.0 Å². The highest BCUT2D eigenvalue weighted by molar-refractivity contribution is 7.89. The molecule has 0 bridgehead atoms. The molecule has 2 rings (SSSR count). The van der Waals surface area contributed by atoms with Gasteiger partial charge in [0.1, 0.15) is 10.9 Å². The van der Waals surface area contributed by atoms with Gasteiger partial charge in [0.15, 0.2) is 0 Å². The average molecular weight is 367 g/mol. The zero-order valence-electron chi connectivity index (χ0n) is 13.4. The van der Waals surface area contributed by atoms with Gasteiger partial charge in [0, 0.05) is 6.04 Å². The Morgan fingerprint density at radius 3 is 2.17 bits per heavy atom. The van der Waals surface area contributed by atoms with Crippen molar-refractivity contribution in [3.8, 4) is 0 Å². The van der Waals surface area contributed by atoms with Gasteiger partial charge >= 0.3 is 0 Å². The molecule has 7 heteroatoms. The molecule has 0 aliphatic heterocycles. The summed E-state index contributed by atoms with van der Waals surface area (Å²) >= 11 is 5.98. The molecule has 0 aliphatic rings. The lowest BCUT2D eigenvalue weighted by Crippen LogP contribution is -2.42. The van der Waals surface area contributed by atoms with Crippen LogP contribution < -0.4 is 10.0 Å². The van der Waals surface area contributed by atoms with Gasteiger partial charge in [-0.15, -0.1) is 0 Å². The van der Waals surface area contributed by atoms with Gasteiger partial charge in [-0.2, -0.15) is 4.72 Å². The van der Waals surface area contributed by atoms with Crippen molar-refractivity contribution in [2.45, 2.75) is 30.8 Å². The summed E-state index contributed by atoms with van der Waals surface area (Å²) in [4.78, 5) is 12.4. The summed E-state index contributed by atoms with van der Waals surface area (Å²) in [6.45, 7) is 3.62. The van der Waals surface area contributed by atoms with Crippen LogP contribution in [0.3, 0.4) is 0 Å². The van der Waals surface area contributed by atoms with Crippen LogP contribution in [0.4, 0.5) is 0 Å². The van der Waals surface area contributed by atoms with Gasteiger partial charge in [-0.25, -0.2) is 8.42 Å². The molecule has 0 saturated carbocycles. The molecule has 0 heterocycles. The van der Waals surface area contributed by atoms with Gasteiger partial charge in [0.2, 0.25) is 15.9 Å². The molecular formula is C17H19ClN2O3S. The number of hydrogen-bond donors (Lipinski definition) is 2. The van der Waals surface area contributed by atoms with E-state index in [9.17, 15) is 13.2 Å². The Balaban J connectivity index is 2.38. The molecule has 0 radical (unpaired) electrons. The summed E-state index contributed by atoms with van der Waals surface area (Å²) in [6, 6.07) is 13.6. The minimum absolute atomic E-state index is 0.0649. The quantitative estimate of drug-likeness (QED) is 0.825. The second-order valence-electron chi connectivity index (χ2n) is 5.56. The van der Waals surface area contributed by atoms with E-state index < -0.39 is 22.0 Å². The van der Waals surface area contributed by atoms with E-state index in [-0.39, 0.29) is 16.0 Å². The summed E-state index contributed by atoms with van der Waals surface area (Å²) in [5.41, 5.74) is 0.547. The normalized spacial score (nSPS) is 12.8. The van der Waals surface area contributed by atoms with Crippen LogP contribution in [0.2, 0.25) is 5.02 Å². The second kappa shape index (κ2) is 7.79. The molecular weight excluding hydrogens is 348 g/mol. The largest absolute Gasteiger partial charge is 0.352 e. The van der Waals surface area contributed by atoms with E-state index in [1.54, 1.807) is 42.5 Å². The summed E-state index contributed by atoms with van der Waals surface area (Å²) in [5.74, 6) is -0.424. The first-order valence-corrected chi connectivity index (χ1v) is 9.29. The molecule has 1 amide bonds. The molecule has 0 spiro atoms. The van der Waals surface area contributed by atoms with Gasteiger partial charge in [-0.3, -0.25) is 4.79 Å². The number of hydrogen-bond acceptors (Lipinski definition) is 3. The first kappa shape index (κ1) is 18.4. The molecule has 128 valence electrons. The van der Waals surface area contributed by atoms with E-state index in [4.69, 9.17) is 11.6 Å². The standard InChI is InChI=1S/C17H19ClN2O3S/c1-12(2)19-17(21)16(13-8-4-3-5-9-13)20-24(22,23)15-11-7-6-10-14(15)18/h3-12,16,20H,1-2H3,(H,19,21)/t16-/m0/s1. The van der Waals surface area contributed by atoms with E-state index in [1.165, 1.54) is 12.1 Å². The van der Waals surface area contributed by atoms with Gasteiger partial charge in [-0.1, -0.05) is 54.1 Å². The molecule has 1 atom stereocenters. The monoisotopic (exact) mass is 366 g/mol. The van der Waals surface area contributed by atoms with Gasteiger partial charge in [0.25, 0.3) is 0 Å². The molecule has 0 aromatic heterocycles.